The zero-order valence-corrected chi connectivity index (χ0v) is 18.1. The van der Waals surface area contributed by atoms with Gasteiger partial charge in [-0.1, -0.05) is 47.5 Å². The van der Waals surface area contributed by atoms with E-state index >= 15 is 0 Å². The summed E-state index contributed by atoms with van der Waals surface area (Å²) < 4.78 is 1.40. The van der Waals surface area contributed by atoms with E-state index in [0.717, 1.165) is 0 Å². The molecule has 0 saturated heterocycles. The monoisotopic (exact) mass is 463 g/mol. The van der Waals surface area contributed by atoms with Gasteiger partial charge in [-0.3, -0.25) is 23.9 Å². The summed E-state index contributed by atoms with van der Waals surface area (Å²) in [5, 5.41) is 1.17. The molecule has 0 radical (unpaired) electrons. The van der Waals surface area contributed by atoms with Crippen LogP contribution in [0.4, 0.5) is 0 Å². The Morgan fingerprint density at radius 1 is 0.812 bits per heavy atom. The molecule has 6 nitrogen and oxygen atoms in total. The first-order valence-corrected chi connectivity index (χ1v) is 10.6. The fourth-order valence-corrected chi connectivity index (χ4v) is 4.27. The van der Waals surface area contributed by atoms with Crippen LogP contribution in [0.3, 0.4) is 0 Å². The zero-order valence-electron chi connectivity index (χ0n) is 16.6. The molecule has 2 heterocycles. The van der Waals surface area contributed by atoms with Crippen molar-refractivity contribution in [2.24, 2.45) is 0 Å². The normalized spacial score (nSPS) is 13.1. The van der Waals surface area contributed by atoms with E-state index in [1.54, 1.807) is 66.7 Å². The first-order chi connectivity index (χ1) is 15.5. The Kier molecular flexibility index (Phi) is 5.04. The molecule has 0 N–H and O–H groups in total. The zero-order chi connectivity index (χ0) is 22.4. The van der Waals surface area contributed by atoms with Crippen molar-refractivity contribution in [3.8, 4) is 5.69 Å². The number of nitrogens with zero attached hydrogens (tertiary/aromatic N) is 3. The van der Waals surface area contributed by atoms with E-state index in [-0.39, 0.29) is 30.3 Å². The molecule has 4 aromatic rings. The number of benzene rings is 3. The van der Waals surface area contributed by atoms with Gasteiger partial charge in [-0.15, -0.1) is 0 Å². The first kappa shape index (κ1) is 20.4. The highest BCUT2D eigenvalue weighted by Gasteiger charge is 2.35. The van der Waals surface area contributed by atoms with Gasteiger partial charge < -0.3 is 0 Å². The number of amides is 2. The Labute approximate surface area is 192 Å². The molecule has 1 aliphatic heterocycles. The van der Waals surface area contributed by atoms with E-state index < -0.39 is 0 Å². The molecule has 0 atom stereocenters. The summed E-state index contributed by atoms with van der Waals surface area (Å²) in [6.45, 7) is 0.0648. The number of para-hydroxylation sites is 1. The molecule has 1 aliphatic rings. The van der Waals surface area contributed by atoms with Crippen LogP contribution >= 0.6 is 23.2 Å². The van der Waals surface area contributed by atoms with Crippen molar-refractivity contribution in [2.45, 2.75) is 6.42 Å². The largest absolute Gasteiger partial charge is 0.274 e. The summed E-state index contributed by atoms with van der Waals surface area (Å²) >= 11 is 12.6. The first-order valence-electron chi connectivity index (χ1n) is 9.87. The second-order valence-electron chi connectivity index (χ2n) is 7.34. The van der Waals surface area contributed by atoms with Crippen LogP contribution in [-0.4, -0.2) is 32.8 Å². The lowest BCUT2D eigenvalue weighted by atomic mass is 10.1. The van der Waals surface area contributed by atoms with Crippen molar-refractivity contribution < 1.29 is 9.59 Å². The summed E-state index contributed by atoms with van der Waals surface area (Å²) in [7, 11) is 0. The van der Waals surface area contributed by atoms with E-state index in [1.165, 1.54) is 9.47 Å². The lowest BCUT2D eigenvalue weighted by Crippen LogP contribution is -2.33. The minimum Gasteiger partial charge on any atom is -0.274 e. The van der Waals surface area contributed by atoms with Crippen LogP contribution in [0.25, 0.3) is 16.6 Å². The van der Waals surface area contributed by atoms with Gasteiger partial charge in [0.1, 0.15) is 5.82 Å². The summed E-state index contributed by atoms with van der Waals surface area (Å²) in [6, 6.07) is 18.5. The smallest absolute Gasteiger partial charge is 0.266 e. The Morgan fingerprint density at radius 2 is 1.47 bits per heavy atom. The number of halogens is 2. The lowest BCUT2D eigenvalue weighted by molar-refractivity contribution is 0.0655. The van der Waals surface area contributed by atoms with Crippen LogP contribution in [0, 0.1) is 0 Å². The molecular weight excluding hydrogens is 449 g/mol. The lowest BCUT2D eigenvalue weighted by Gasteiger charge is -2.18. The average Bonchev–Trinajstić information content (AvgIpc) is 3.04. The Hall–Kier alpha value is -3.48. The number of fused-ring (bicyclic) bond motifs is 2. The molecule has 0 bridgehead atoms. The molecular formula is C24H15Cl2N3O3. The highest BCUT2D eigenvalue weighted by Crippen LogP contribution is 2.26. The van der Waals surface area contributed by atoms with Crippen molar-refractivity contribution >= 4 is 45.9 Å². The molecule has 0 spiro atoms. The van der Waals surface area contributed by atoms with Gasteiger partial charge in [0, 0.05) is 18.0 Å². The van der Waals surface area contributed by atoms with Crippen molar-refractivity contribution in [2.75, 3.05) is 6.54 Å². The number of aromatic nitrogens is 2. The summed E-state index contributed by atoms with van der Waals surface area (Å²) in [5.41, 5.74) is 1.35. The van der Waals surface area contributed by atoms with Gasteiger partial charge in [-0.2, -0.15) is 0 Å². The molecule has 8 heteroatoms. The van der Waals surface area contributed by atoms with Crippen molar-refractivity contribution in [1.82, 2.24) is 14.5 Å². The molecule has 0 fully saturated rings. The molecule has 0 saturated carbocycles. The number of rotatable bonds is 4. The third-order valence-electron chi connectivity index (χ3n) is 5.43. The number of hydrogen-bond donors (Lipinski definition) is 0. The predicted molar refractivity (Wildman–Crippen MR) is 123 cm³/mol. The Balaban J connectivity index is 1.60. The van der Waals surface area contributed by atoms with Gasteiger partial charge in [0.15, 0.2) is 0 Å². The predicted octanol–water partition coefficient (Wildman–Crippen LogP) is 4.53. The van der Waals surface area contributed by atoms with Gasteiger partial charge in [-0.25, -0.2) is 4.98 Å². The molecule has 32 heavy (non-hydrogen) atoms. The molecule has 0 aliphatic carbocycles. The summed E-state index contributed by atoms with van der Waals surface area (Å²) in [6.07, 6.45) is 0.161. The van der Waals surface area contributed by atoms with E-state index in [1.807, 2.05) is 0 Å². The molecule has 2 amide bonds. The molecule has 1 aromatic heterocycles. The minimum atomic E-state index is -0.360. The molecule has 0 unspecified atom stereocenters. The molecule has 158 valence electrons. The van der Waals surface area contributed by atoms with Crippen LogP contribution in [0.15, 0.2) is 71.5 Å². The van der Waals surface area contributed by atoms with Crippen LogP contribution < -0.4 is 5.56 Å². The van der Waals surface area contributed by atoms with Crippen molar-refractivity contribution in [3.63, 3.8) is 0 Å². The maximum atomic E-state index is 13.4. The minimum absolute atomic E-state index is 0.0648. The van der Waals surface area contributed by atoms with E-state index in [0.29, 0.717) is 43.6 Å². The number of carbonyl (C=O) groups excluding carboxylic acids is 2. The summed E-state index contributed by atoms with van der Waals surface area (Å²) in [4.78, 5) is 44.7. The van der Waals surface area contributed by atoms with Gasteiger partial charge in [-0.05, 0) is 42.5 Å². The van der Waals surface area contributed by atoms with Crippen molar-refractivity contribution in [3.05, 3.63) is 104 Å². The topological polar surface area (TPSA) is 72.3 Å². The van der Waals surface area contributed by atoms with Crippen LogP contribution in [0.5, 0.6) is 0 Å². The highest BCUT2D eigenvalue weighted by atomic mass is 35.5. The third-order valence-corrected chi connectivity index (χ3v) is 5.99. The van der Waals surface area contributed by atoms with E-state index in [4.69, 9.17) is 23.2 Å². The number of imide groups is 1. The number of carbonyl (C=O) groups is 2. The van der Waals surface area contributed by atoms with Gasteiger partial charge in [0.05, 0.1) is 32.7 Å². The van der Waals surface area contributed by atoms with Gasteiger partial charge in [0.2, 0.25) is 0 Å². The van der Waals surface area contributed by atoms with Crippen LogP contribution in [0.1, 0.15) is 26.5 Å². The molecule has 3 aromatic carbocycles. The van der Waals surface area contributed by atoms with Crippen LogP contribution in [-0.2, 0) is 6.42 Å². The third kappa shape index (κ3) is 3.28. The number of hydrogen-bond acceptors (Lipinski definition) is 4. The standard InChI is InChI=1S/C24H15Cl2N3O3/c25-14-9-10-18(26)20(13-14)29-21(27-19-8-4-3-7-17(19)24(29)32)11-12-28-22(30)15-5-1-2-6-16(15)23(28)31/h1-10,13H,11-12H2. The van der Waals surface area contributed by atoms with Crippen molar-refractivity contribution in [1.29, 1.82) is 0 Å². The van der Waals surface area contributed by atoms with E-state index in [9.17, 15) is 14.4 Å². The maximum absolute atomic E-state index is 13.4. The SMILES string of the molecule is O=C1c2ccccc2C(=O)N1CCc1nc2ccccc2c(=O)n1-c1cc(Cl)ccc1Cl. The Bertz CT molecular complexity index is 1440. The fraction of sp³-hybridized carbons (Fsp3) is 0.0833. The molecule has 5 rings (SSSR count). The average molecular weight is 464 g/mol. The van der Waals surface area contributed by atoms with Gasteiger partial charge >= 0.3 is 0 Å². The van der Waals surface area contributed by atoms with Crippen LogP contribution in [0.2, 0.25) is 10.0 Å². The highest BCUT2D eigenvalue weighted by molar-refractivity contribution is 6.34. The fourth-order valence-electron chi connectivity index (χ4n) is 3.91. The quantitative estimate of drug-likeness (QED) is 0.416. The second-order valence-corrected chi connectivity index (χ2v) is 8.18. The second kappa shape index (κ2) is 7.89. The summed E-state index contributed by atoms with van der Waals surface area (Å²) in [5.74, 6) is -0.350. The van der Waals surface area contributed by atoms with Gasteiger partial charge in [0.25, 0.3) is 17.4 Å². The Morgan fingerprint density at radius 3 is 2.19 bits per heavy atom. The maximum Gasteiger partial charge on any atom is 0.266 e. The van der Waals surface area contributed by atoms with E-state index in [2.05, 4.69) is 4.98 Å².